The molecule has 84 valence electrons. The molecule has 0 aromatic carbocycles. The van der Waals surface area contributed by atoms with E-state index in [1.807, 2.05) is 6.26 Å². The van der Waals surface area contributed by atoms with E-state index in [4.69, 9.17) is 4.74 Å². The zero-order valence-corrected chi connectivity index (χ0v) is 10.5. The van der Waals surface area contributed by atoms with Crippen molar-refractivity contribution in [3.8, 4) is 0 Å². The van der Waals surface area contributed by atoms with Crippen molar-refractivity contribution in [3.63, 3.8) is 0 Å². The highest BCUT2D eigenvalue weighted by atomic mass is 16.5. The summed E-state index contributed by atoms with van der Waals surface area (Å²) in [4.78, 5) is 0. The van der Waals surface area contributed by atoms with Crippen molar-refractivity contribution in [2.24, 2.45) is 0 Å². The summed E-state index contributed by atoms with van der Waals surface area (Å²) < 4.78 is 5.77. The molecule has 0 aromatic rings. The minimum Gasteiger partial charge on any atom is -0.496 e. The molecule has 0 saturated heterocycles. The average Bonchev–Trinajstić information content (AvgIpc) is 2.18. The van der Waals surface area contributed by atoms with Gasteiger partial charge in [-0.3, -0.25) is 0 Å². The molecule has 0 heterocycles. The molecule has 0 saturated carbocycles. The summed E-state index contributed by atoms with van der Waals surface area (Å²) in [5, 5.41) is 0. The fourth-order valence-electron chi connectivity index (χ4n) is 1.05. The van der Waals surface area contributed by atoms with Crippen LogP contribution in [-0.2, 0) is 4.74 Å². The number of hydrogen-bond donors (Lipinski definition) is 0. The number of allylic oxidation sites excluding steroid dienone is 1. The van der Waals surface area contributed by atoms with Gasteiger partial charge in [-0.1, -0.05) is 27.2 Å². The third-order valence-corrected chi connectivity index (χ3v) is 2.70. The second-order valence-corrected chi connectivity index (χ2v) is 4.46. The van der Waals surface area contributed by atoms with E-state index in [9.17, 15) is 0 Å². The highest BCUT2D eigenvalue weighted by molar-refractivity contribution is 4.97. The second-order valence-electron chi connectivity index (χ2n) is 4.46. The SMILES string of the molecule is CCCCC(=COC(C)(C)CC)CC. The van der Waals surface area contributed by atoms with Gasteiger partial charge in [0.15, 0.2) is 0 Å². The van der Waals surface area contributed by atoms with Crippen molar-refractivity contribution in [3.05, 3.63) is 11.8 Å². The van der Waals surface area contributed by atoms with E-state index < -0.39 is 0 Å². The van der Waals surface area contributed by atoms with Gasteiger partial charge in [-0.25, -0.2) is 0 Å². The molecule has 0 amide bonds. The molecule has 0 bridgehead atoms. The molecule has 0 fully saturated rings. The smallest absolute Gasteiger partial charge is 0.102 e. The average molecular weight is 198 g/mol. The van der Waals surface area contributed by atoms with Gasteiger partial charge in [0.1, 0.15) is 5.60 Å². The van der Waals surface area contributed by atoms with Gasteiger partial charge in [0.25, 0.3) is 0 Å². The van der Waals surface area contributed by atoms with Gasteiger partial charge in [0, 0.05) is 0 Å². The van der Waals surface area contributed by atoms with E-state index in [0.717, 1.165) is 12.8 Å². The molecule has 0 rings (SSSR count). The third-order valence-electron chi connectivity index (χ3n) is 2.70. The Hall–Kier alpha value is -0.460. The van der Waals surface area contributed by atoms with E-state index in [2.05, 4.69) is 34.6 Å². The molecule has 0 spiro atoms. The Kier molecular flexibility index (Phi) is 6.69. The number of rotatable bonds is 7. The maximum absolute atomic E-state index is 5.77. The predicted molar refractivity (Wildman–Crippen MR) is 63.4 cm³/mol. The Labute approximate surface area is 89.5 Å². The van der Waals surface area contributed by atoms with Crippen LogP contribution < -0.4 is 0 Å². The molecule has 0 atom stereocenters. The topological polar surface area (TPSA) is 9.23 Å². The van der Waals surface area contributed by atoms with Crippen LogP contribution in [0.15, 0.2) is 11.8 Å². The number of unbranched alkanes of at least 4 members (excludes halogenated alkanes) is 1. The number of ether oxygens (including phenoxy) is 1. The summed E-state index contributed by atoms with van der Waals surface area (Å²) in [7, 11) is 0. The van der Waals surface area contributed by atoms with E-state index in [0.29, 0.717) is 0 Å². The van der Waals surface area contributed by atoms with E-state index in [1.165, 1.54) is 24.8 Å². The Morgan fingerprint density at radius 3 is 2.29 bits per heavy atom. The molecule has 1 nitrogen and oxygen atoms in total. The predicted octanol–water partition coefficient (Wildman–Crippen LogP) is 4.68. The van der Waals surface area contributed by atoms with Crippen LogP contribution in [0, 0.1) is 0 Å². The van der Waals surface area contributed by atoms with Gasteiger partial charge in [-0.2, -0.15) is 0 Å². The lowest BCUT2D eigenvalue weighted by Gasteiger charge is -2.23. The van der Waals surface area contributed by atoms with Crippen LogP contribution in [0.2, 0.25) is 0 Å². The first-order chi connectivity index (χ1) is 6.55. The monoisotopic (exact) mass is 198 g/mol. The van der Waals surface area contributed by atoms with E-state index in [-0.39, 0.29) is 5.60 Å². The van der Waals surface area contributed by atoms with Crippen LogP contribution in [0.1, 0.15) is 66.7 Å². The third kappa shape index (κ3) is 6.06. The Bertz CT molecular complexity index is 168. The summed E-state index contributed by atoms with van der Waals surface area (Å²) in [6.07, 6.45) is 7.87. The van der Waals surface area contributed by atoms with E-state index >= 15 is 0 Å². The number of hydrogen-bond acceptors (Lipinski definition) is 1. The first-order valence-corrected chi connectivity index (χ1v) is 5.91. The van der Waals surface area contributed by atoms with E-state index in [1.54, 1.807) is 0 Å². The van der Waals surface area contributed by atoms with Gasteiger partial charge >= 0.3 is 0 Å². The Morgan fingerprint density at radius 2 is 1.86 bits per heavy atom. The van der Waals surface area contributed by atoms with Crippen LogP contribution in [-0.4, -0.2) is 5.60 Å². The minimum absolute atomic E-state index is 0.00731. The first kappa shape index (κ1) is 13.5. The van der Waals surface area contributed by atoms with Crippen molar-refractivity contribution in [1.82, 2.24) is 0 Å². The zero-order valence-electron chi connectivity index (χ0n) is 10.5. The van der Waals surface area contributed by atoms with Crippen LogP contribution in [0.4, 0.5) is 0 Å². The van der Waals surface area contributed by atoms with Crippen LogP contribution in [0.25, 0.3) is 0 Å². The maximum atomic E-state index is 5.77. The summed E-state index contributed by atoms with van der Waals surface area (Å²) in [6, 6.07) is 0. The van der Waals surface area contributed by atoms with Crippen molar-refractivity contribution in [1.29, 1.82) is 0 Å². The molecule has 0 N–H and O–H groups in total. The molecule has 0 aliphatic carbocycles. The normalized spacial score (nSPS) is 13.1. The van der Waals surface area contributed by atoms with Gasteiger partial charge < -0.3 is 4.74 Å². The maximum Gasteiger partial charge on any atom is 0.102 e. The lowest BCUT2D eigenvalue weighted by molar-refractivity contribution is 0.0521. The first-order valence-electron chi connectivity index (χ1n) is 5.91. The highest BCUT2D eigenvalue weighted by Gasteiger charge is 2.14. The lowest BCUT2D eigenvalue weighted by Crippen LogP contribution is -2.20. The van der Waals surface area contributed by atoms with Gasteiger partial charge in [0.2, 0.25) is 0 Å². The summed E-state index contributed by atoms with van der Waals surface area (Å²) in [5.74, 6) is 0. The summed E-state index contributed by atoms with van der Waals surface area (Å²) in [5.41, 5.74) is 1.43. The largest absolute Gasteiger partial charge is 0.496 e. The molecule has 0 unspecified atom stereocenters. The highest BCUT2D eigenvalue weighted by Crippen LogP contribution is 2.18. The van der Waals surface area contributed by atoms with Crippen molar-refractivity contribution in [2.45, 2.75) is 72.3 Å². The van der Waals surface area contributed by atoms with Crippen molar-refractivity contribution < 1.29 is 4.74 Å². The fourth-order valence-corrected chi connectivity index (χ4v) is 1.05. The fraction of sp³-hybridized carbons (Fsp3) is 0.846. The lowest BCUT2D eigenvalue weighted by atomic mass is 10.1. The van der Waals surface area contributed by atoms with Gasteiger partial charge in [-0.15, -0.1) is 0 Å². The Balaban J connectivity index is 4.03. The molecular formula is C13H26O. The van der Waals surface area contributed by atoms with Crippen LogP contribution >= 0.6 is 0 Å². The standard InChI is InChI=1S/C13H26O/c1-6-9-10-12(7-2)11-14-13(4,5)8-3/h11H,6-10H2,1-5H3. The Morgan fingerprint density at radius 1 is 1.21 bits per heavy atom. The molecule has 0 aliphatic rings. The quantitative estimate of drug-likeness (QED) is 0.540. The van der Waals surface area contributed by atoms with Crippen LogP contribution in [0.5, 0.6) is 0 Å². The molecule has 1 heteroatoms. The molecule has 0 aliphatic heterocycles. The van der Waals surface area contributed by atoms with Crippen LogP contribution in [0.3, 0.4) is 0 Å². The molecule has 0 radical (unpaired) electrons. The van der Waals surface area contributed by atoms with Gasteiger partial charge in [-0.05, 0) is 45.1 Å². The molecular weight excluding hydrogens is 172 g/mol. The van der Waals surface area contributed by atoms with Crippen molar-refractivity contribution in [2.75, 3.05) is 0 Å². The second kappa shape index (κ2) is 6.92. The summed E-state index contributed by atoms with van der Waals surface area (Å²) in [6.45, 7) is 10.9. The molecule has 0 aromatic heterocycles. The minimum atomic E-state index is -0.00731. The van der Waals surface area contributed by atoms with Crippen molar-refractivity contribution >= 4 is 0 Å². The molecule has 14 heavy (non-hydrogen) atoms. The zero-order chi connectivity index (χ0) is 11.0. The van der Waals surface area contributed by atoms with Gasteiger partial charge in [0.05, 0.1) is 6.26 Å². The summed E-state index contributed by atoms with van der Waals surface area (Å²) >= 11 is 0.